The maximum atomic E-state index is 11.6. The van der Waals surface area contributed by atoms with Crippen LogP contribution in [0.4, 0.5) is 10.5 Å². The lowest BCUT2D eigenvalue weighted by atomic mass is 10.2. The first kappa shape index (κ1) is 15.0. The summed E-state index contributed by atoms with van der Waals surface area (Å²) in [5.74, 6) is 0.688. The molecule has 2 rings (SSSR count). The van der Waals surface area contributed by atoms with Gasteiger partial charge in [-0.3, -0.25) is 0 Å². The van der Waals surface area contributed by atoms with Gasteiger partial charge in [0.1, 0.15) is 5.75 Å². The molecule has 0 unspecified atom stereocenters. The van der Waals surface area contributed by atoms with Crippen molar-refractivity contribution in [1.29, 1.82) is 0 Å². The number of carbonyl (C=O) groups excluding carboxylic acids is 1. The summed E-state index contributed by atoms with van der Waals surface area (Å²) in [6.45, 7) is 3.82. The third-order valence-electron chi connectivity index (χ3n) is 3.21. The van der Waals surface area contributed by atoms with Gasteiger partial charge in [0.15, 0.2) is 0 Å². The number of urea groups is 1. The number of hydrogen-bond donors (Lipinski definition) is 2. The molecule has 2 amide bonds. The van der Waals surface area contributed by atoms with E-state index in [2.05, 4.69) is 10.6 Å². The van der Waals surface area contributed by atoms with E-state index in [4.69, 9.17) is 16.3 Å². The first-order valence-corrected chi connectivity index (χ1v) is 7.46. The average Bonchev–Trinajstić information content (AvgIpc) is 2.84. The number of benzene rings is 1. The van der Waals surface area contributed by atoms with Crippen LogP contribution in [0.25, 0.3) is 0 Å². The molecule has 5 heteroatoms. The summed E-state index contributed by atoms with van der Waals surface area (Å²) in [6, 6.07) is 5.18. The van der Waals surface area contributed by atoms with Crippen molar-refractivity contribution in [3.8, 4) is 5.75 Å². The van der Waals surface area contributed by atoms with E-state index in [1.807, 2.05) is 19.9 Å². The molecule has 1 aliphatic rings. The van der Waals surface area contributed by atoms with Crippen LogP contribution in [0, 0.1) is 0 Å². The number of amides is 2. The molecule has 0 aromatic heterocycles. The standard InChI is InChI=1S/C15H21ClN2O2/c1-10(2)17-15(19)18-11-7-8-14(13(16)9-11)20-12-5-3-4-6-12/h7-10,12H,3-6H2,1-2H3,(H2,17,18,19). The second kappa shape index (κ2) is 6.84. The highest BCUT2D eigenvalue weighted by Gasteiger charge is 2.17. The van der Waals surface area contributed by atoms with E-state index in [-0.39, 0.29) is 18.2 Å². The monoisotopic (exact) mass is 296 g/mol. The molecule has 1 aliphatic carbocycles. The Kier molecular flexibility index (Phi) is 5.12. The van der Waals surface area contributed by atoms with Gasteiger partial charge in [0, 0.05) is 11.7 Å². The van der Waals surface area contributed by atoms with Crippen LogP contribution in [0.3, 0.4) is 0 Å². The number of rotatable bonds is 4. The van der Waals surface area contributed by atoms with Gasteiger partial charge in [0.2, 0.25) is 0 Å². The predicted octanol–water partition coefficient (Wildman–Crippen LogP) is 4.19. The first-order chi connectivity index (χ1) is 9.54. The molecule has 20 heavy (non-hydrogen) atoms. The summed E-state index contributed by atoms with van der Waals surface area (Å²) in [4.78, 5) is 11.6. The van der Waals surface area contributed by atoms with Crippen LogP contribution in [0.5, 0.6) is 5.75 Å². The maximum absolute atomic E-state index is 11.6. The number of hydrogen-bond acceptors (Lipinski definition) is 2. The zero-order valence-corrected chi connectivity index (χ0v) is 12.7. The summed E-state index contributed by atoms with van der Waals surface area (Å²) in [6.07, 6.45) is 4.89. The summed E-state index contributed by atoms with van der Waals surface area (Å²) in [5.41, 5.74) is 0.659. The van der Waals surface area contributed by atoms with Gasteiger partial charge in [-0.05, 0) is 57.7 Å². The van der Waals surface area contributed by atoms with E-state index in [1.165, 1.54) is 12.8 Å². The molecule has 0 heterocycles. The lowest BCUT2D eigenvalue weighted by molar-refractivity contribution is 0.210. The Hall–Kier alpha value is -1.42. The smallest absolute Gasteiger partial charge is 0.319 e. The minimum Gasteiger partial charge on any atom is -0.489 e. The van der Waals surface area contributed by atoms with Gasteiger partial charge in [-0.15, -0.1) is 0 Å². The summed E-state index contributed by atoms with van der Waals surface area (Å²) in [7, 11) is 0. The van der Waals surface area contributed by atoms with Crippen molar-refractivity contribution in [2.75, 3.05) is 5.32 Å². The Labute approximate surface area is 124 Å². The topological polar surface area (TPSA) is 50.4 Å². The van der Waals surface area contributed by atoms with E-state index < -0.39 is 0 Å². The molecule has 0 spiro atoms. The molecular formula is C15H21ClN2O2. The van der Waals surface area contributed by atoms with Crippen LogP contribution < -0.4 is 15.4 Å². The van der Waals surface area contributed by atoms with E-state index in [9.17, 15) is 4.79 Å². The average molecular weight is 297 g/mol. The quantitative estimate of drug-likeness (QED) is 0.875. The molecule has 1 aromatic carbocycles. The Balaban J connectivity index is 1.96. The molecule has 0 atom stereocenters. The first-order valence-electron chi connectivity index (χ1n) is 7.08. The Bertz CT molecular complexity index is 471. The predicted molar refractivity (Wildman–Crippen MR) is 81.6 cm³/mol. The molecular weight excluding hydrogens is 276 g/mol. The zero-order valence-electron chi connectivity index (χ0n) is 11.9. The van der Waals surface area contributed by atoms with E-state index in [0.717, 1.165) is 12.8 Å². The van der Waals surface area contributed by atoms with Gasteiger partial charge in [-0.2, -0.15) is 0 Å². The van der Waals surface area contributed by atoms with Crippen LogP contribution >= 0.6 is 11.6 Å². The van der Waals surface area contributed by atoms with Gasteiger partial charge in [-0.1, -0.05) is 11.6 Å². The lowest BCUT2D eigenvalue weighted by Crippen LogP contribution is -2.34. The van der Waals surface area contributed by atoms with Crippen molar-refractivity contribution < 1.29 is 9.53 Å². The molecule has 0 aliphatic heterocycles. The Morgan fingerprint density at radius 2 is 2.05 bits per heavy atom. The molecule has 0 radical (unpaired) electrons. The number of carbonyl (C=O) groups is 1. The Morgan fingerprint density at radius 3 is 2.65 bits per heavy atom. The zero-order chi connectivity index (χ0) is 14.5. The van der Waals surface area contributed by atoms with Crippen LogP contribution in [-0.4, -0.2) is 18.2 Å². The van der Waals surface area contributed by atoms with Crippen molar-refractivity contribution >= 4 is 23.3 Å². The molecule has 1 saturated carbocycles. The molecule has 4 nitrogen and oxygen atoms in total. The van der Waals surface area contributed by atoms with Crippen LogP contribution in [0.15, 0.2) is 18.2 Å². The highest BCUT2D eigenvalue weighted by molar-refractivity contribution is 6.32. The van der Waals surface area contributed by atoms with Gasteiger partial charge >= 0.3 is 6.03 Å². The van der Waals surface area contributed by atoms with E-state index >= 15 is 0 Å². The number of ether oxygens (including phenoxy) is 1. The summed E-state index contributed by atoms with van der Waals surface area (Å²) >= 11 is 6.20. The fourth-order valence-electron chi connectivity index (χ4n) is 2.29. The van der Waals surface area contributed by atoms with Crippen LogP contribution in [-0.2, 0) is 0 Å². The third-order valence-corrected chi connectivity index (χ3v) is 3.50. The van der Waals surface area contributed by atoms with E-state index in [0.29, 0.717) is 16.5 Å². The highest BCUT2D eigenvalue weighted by Crippen LogP contribution is 2.31. The molecule has 1 fully saturated rings. The SMILES string of the molecule is CC(C)NC(=O)Nc1ccc(OC2CCCC2)c(Cl)c1. The molecule has 1 aromatic rings. The number of nitrogens with one attached hydrogen (secondary N) is 2. The van der Waals surface area contributed by atoms with E-state index in [1.54, 1.807) is 12.1 Å². The van der Waals surface area contributed by atoms with Crippen molar-refractivity contribution in [1.82, 2.24) is 5.32 Å². The van der Waals surface area contributed by atoms with Gasteiger partial charge in [0.05, 0.1) is 11.1 Å². The van der Waals surface area contributed by atoms with Crippen molar-refractivity contribution in [3.63, 3.8) is 0 Å². The minimum atomic E-state index is -0.236. The Morgan fingerprint density at radius 1 is 1.35 bits per heavy atom. The van der Waals surface area contributed by atoms with Crippen LogP contribution in [0.1, 0.15) is 39.5 Å². The third kappa shape index (κ3) is 4.30. The fourth-order valence-corrected chi connectivity index (χ4v) is 2.51. The molecule has 110 valence electrons. The summed E-state index contributed by atoms with van der Waals surface area (Å²) < 4.78 is 5.87. The highest BCUT2D eigenvalue weighted by atomic mass is 35.5. The van der Waals surface area contributed by atoms with Gasteiger partial charge in [-0.25, -0.2) is 4.79 Å². The second-order valence-electron chi connectivity index (χ2n) is 5.42. The normalized spacial score (nSPS) is 15.4. The molecule has 0 bridgehead atoms. The van der Waals surface area contributed by atoms with Crippen LogP contribution in [0.2, 0.25) is 5.02 Å². The van der Waals surface area contributed by atoms with Crippen molar-refractivity contribution in [2.45, 2.75) is 51.7 Å². The van der Waals surface area contributed by atoms with Gasteiger partial charge < -0.3 is 15.4 Å². The number of anilines is 1. The van der Waals surface area contributed by atoms with Crippen molar-refractivity contribution in [3.05, 3.63) is 23.2 Å². The second-order valence-corrected chi connectivity index (χ2v) is 5.83. The maximum Gasteiger partial charge on any atom is 0.319 e. The summed E-state index contributed by atoms with van der Waals surface area (Å²) in [5, 5.41) is 6.03. The van der Waals surface area contributed by atoms with Crippen molar-refractivity contribution in [2.24, 2.45) is 0 Å². The largest absolute Gasteiger partial charge is 0.489 e. The minimum absolute atomic E-state index is 0.0930. The van der Waals surface area contributed by atoms with Gasteiger partial charge in [0.25, 0.3) is 0 Å². The fraction of sp³-hybridized carbons (Fsp3) is 0.533. The lowest BCUT2D eigenvalue weighted by Gasteiger charge is -2.15. The number of halogens is 1. The molecule has 2 N–H and O–H groups in total. The molecule has 0 saturated heterocycles.